The molecule has 0 aliphatic carbocycles. The Bertz CT molecular complexity index is 967. The van der Waals surface area contributed by atoms with E-state index in [9.17, 15) is 0 Å². The number of unbranched alkanes of at least 4 members (excludes halogenated alkanes) is 3. The average Bonchev–Trinajstić information content (AvgIpc) is 3.54. The van der Waals surface area contributed by atoms with Crippen LogP contribution in [0.25, 0.3) is 0 Å². The van der Waals surface area contributed by atoms with Crippen LogP contribution in [-0.2, 0) is 42.6 Å². The van der Waals surface area contributed by atoms with Crippen LogP contribution in [0.3, 0.4) is 0 Å². The molecule has 11 heteroatoms. The number of hydrogen-bond donors (Lipinski definition) is 0. The fraction of sp³-hybridized carbons (Fsp3) is 0.949. The molecule has 3 heterocycles. The van der Waals surface area contributed by atoms with E-state index in [1.807, 2.05) is 27.7 Å². The molecule has 0 spiro atoms. The van der Waals surface area contributed by atoms with E-state index in [1.54, 1.807) is 10.7 Å². The summed E-state index contributed by atoms with van der Waals surface area (Å²) >= 11 is -2.61. The average molecular weight is 836 g/mol. The van der Waals surface area contributed by atoms with Crippen LogP contribution >= 0.6 is 0 Å². The summed E-state index contributed by atoms with van der Waals surface area (Å²) in [6.45, 7) is 28.2. The summed E-state index contributed by atoms with van der Waals surface area (Å²) in [6, 6.07) is 1.10. The third-order valence-corrected chi connectivity index (χ3v) is 28.6. The molecule has 3 saturated heterocycles. The summed E-state index contributed by atoms with van der Waals surface area (Å²) in [5, 5.41) is 0. The molecular weight excluding hydrogens is 759 g/mol. The summed E-state index contributed by atoms with van der Waals surface area (Å²) in [5.41, 5.74) is 0. The van der Waals surface area contributed by atoms with Gasteiger partial charge in [-0.05, 0) is 6.04 Å². The Labute approximate surface area is 311 Å². The van der Waals surface area contributed by atoms with Crippen molar-refractivity contribution in [2.75, 3.05) is 33.9 Å². The molecule has 3 rings (SSSR count). The molecule has 9 nitrogen and oxygen atoms in total. The van der Waals surface area contributed by atoms with Gasteiger partial charge in [0.05, 0.1) is 0 Å². The third kappa shape index (κ3) is 13.9. The zero-order valence-corrected chi connectivity index (χ0v) is 37.8. The number of rotatable bonds is 25. The van der Waals surface area contributed by atoms with E-state index in [2.05, 4.69) is 40.4 Å². The molecule has 3 aliphatic heterocycles. The Morgan fingerprint density at radius 3 is 2.00 bits per heavy atom. The minimum absolute atomic E-state index is 0.165. The van der Waals surface area contributed by atoms with Crippen molar-refractivity contribution in [3.05, 3.63) is 10.2 Å². The van der Waals surface area contributed by atoms with Crippen LogP contribution in [0.1, 0.15) is 106 Å². The first-order chi connectivity index (χ1) is 23.6. The first-order valence-corrected chi connectivity index (χ1v) is 31.1. The maximum atomic E-state index is 7.07. The van der Waals surface area contributed by atoms with E-state index in [1.165, 1.54) is 51.8 Å². The Hall–Kier alpha value is 0.396. The molecule has 0 aromatic heterocycles. The van der Waals surface area contributed by atoms with E-state index in [0.29, 0.717) is 19.6 Å². The molecule has 0 radical (unpaired) electrons. The van der Waals surface area contributed by atoms with Crippen LogP contribution in [0.2, 0.25) is 39.0 Å². The van der Waals surface area contributed by atoms with Gasteiger partial charge in [-0.15, -0.1) is 0 Å². The second-order valence-corrected chi connectivity index (χ2v) is 36.4. The summed E-state index contributed by atoms with van der Waals surface area (Å²) < 4.78 is 62.8. The van der Waals surface area contributed by atoms with E-state index < -0.39 is 50.2 Å². The van der Waals surface area contributed by atoms with E-state index >= 15 is 0 Å². The molecule has 0 aromatic rings. The SMILES string of the molecule is C=[C](CC[C@@H](OCOC)[C@H]1C[C@H]2OC(C)(C)O[C@H]2[C@H]([C@H]2OC(C)(C)O[C@@H]2COCOCC[Si](C)(C)C)O1)[Sn]([CH2]CCC)([CH2]CCC)[CH2]CCC. The first-order valence-electron chi connectivity index (χ1n) is 19.9. The van der Waals surface area contributed by atoms with Gasteiger partial charge >= 0.3 is 268 Å². The number of fused-ring (bicyclic) bond motifs is 1. The quantitative estimate of drug-likeness (QED) is 0.0508. The predicted molar refractivity (Wildman–Crippen MR) is 206 cm³/mol. The summed E-state index contributed by atoms with van der Waals surface area (Å²) in [7, 11) is 0.509. The Morgan fingerprint density at radius 2 is 1.42 bits per heavy atom. The molecule has 3 fully saturated rings. The van der Waals surface area contributed by atoms with Gasteiger partial charge < -0.3 is 4.74 Å². The van der Waals surface area contributed by atoms with Crippen molar-refractivity contribution in [1.29, 1.82) is 0 Å². The molecule has 0 unspecified atom stereocenters. The van der Waals surface area contributed by atoms with Crippen molar-refractivity contribution in [2.24, 2.45) is 0 Å². The molecule has 3 aliphatic rings. The van der Waals surface area contributed by atoms with Gasteiger partial charge in [-0.1, -0.05) is 19.6 Å². The number of ether oxygens (including phenoxy) is 9. The molecule has 7 atom stereocenters. The second kappa shape index (κ2) is 20.9. The molecule has 0 bridgehead atoms. The molecule has 0 N–H and O–H groups in total. The van der Waals surface area contributed by atoms with Gasteiger partial charge in [0.25, 0.3) is 0 Å². The first kappa shape index (κ1) is 44.8. The normalized spacial score (nSPS) is 28.5. The number of methoxy groups -OCH3 is 1. The zero-order chi connectivity index (χ0) is 37.0. The van der Waals surface area contributed by atoms with E-state index in [0.717, 1.165) is 18.9 Å². The fourth-order valence-corrected chi connectivity index (χ4v) is 24.6. The standard InChI is InChI=1S/C27H49O9Si.3C4H9.Sn/c1-10-11-12-19(31-17-28-6)20-15-21-23(35-26(2,3)33-21)25(32-20)24-22(34-27(4,5)36-24)16-30-18-29-13-14-37(7,8)9;3*1-3-4-2;/h19-25H,1,11-18H2,2-9H3;3*1,3-4H2,2H3;/t19-,20-,21-,22-,23-,24+,25-;;;;/m1..../s1. The number of allylic oxidation sites excluding steroid dienone is 1. The maximum absolute atomic E-state index is 7.07. The van der Waals surface area contributed by atoms with Crippen molar-refractivity contribution in [1.82, 2.24) is 0 Å². The topological polar surface area (TPSA) is 83.1 Å². The third-order valence-electron chi connectivity index (χ3n) is 10.7. The van der Waals surface area contributed by atoms with E-state index in [-0.39, 0.29) is 44.1 Å². The van der Waals surface area contributed by atoms with Crippen LogP contribution in [0.15, 0.2) is 10.2 Å². The fourth-order valence-electron chi connectivity index (χ4n) is 7.89. The summed E-state index contributed by atoms with van der Waals surface area (Å²) in [4.78, 5) is 0. The molecule has 0 saturated carbocycles. The van der Waals surface area contributed by atoms with Gasteiger partial charge in [0.15, 0.2) is 0 Å². The molecular formula is C39H76O9SiSn. The summed E-state index contributed by atoms with van der Waals surface area (Å²) in [6.07, 6.45) is 8.14. The Balaban J connectivity index is 1.80. The van der Waals surface area contributed by atoms with Gasteiger partial charge in [-0.3, -0.25) is 0 Å². The molecule has 294 valence electrons. The van der Waals surface area contributed by atoms with Crippen LogP contribution < -0.4 is 0 Å². The van der Waals surface area contributed by atoms with Crippen molar-refractivity contribution >= 4 is 26.5 Å². The number of hydrogen-bond acceptors (Lipinski definition) is 9. The van der Waals surface area contributed by atoms with Crippen LogP contribution in [-0.4, -0.2) is 115 Å². The monoisotopic (exact) mass is 836 g/mol. The second-order valence-electron chi connectivity index (χ2n) is 17.2. The van der Waals surface area contributed by atoms with Gasteiger partial charge in [0.1, 0.15) is 0 Å². The van der Waals surface area contributed by atoms with E-state index in [4.69, 9.17) is 49.2 Å². The van der Waals surface area contributed by atoms with Gasteiger partial charge in [-0.2, -0.15) is 0 Å². The van der Waals surface area contributed by atoms with Crippen LogP contribution in [0, 0.1) is 0 Å². The summed E-state index contributed by atoms with van der Waals surface area (Å²) in [5.74, 6) is -1.53. The van der Waals surface area contributed by atoms with Gasteiger partial charge in [-0.25, -0.2) is 0 Å². The molecule has 0 amide bonds. The Kier molecular flexibility index (Phi) is 18.7. The van der Waals surface area contributed by atoms with Crippen LogP contribution in [0.4, 0.5) is 0 Å². The van der Waals surface area contributed by atoms with Crippen molar-refractivity contribution in [2.45, 2.75) is 200 Å². The molecule has 50 heavy (non-hydrogen) atoms. The van der Waals surface area contributed by atoms with Crippen molar-refractivity contribution in [3.8, 4) is 0 Å². The van der Waals surface area contributed by atoms with Crippen molar-refractivity contribution < 1.29 is 42.6 Å². The minimum atomic E-state index is -2.61. The van der Waals surface area contributed by atoms with Gasteiger partial charge in [0.2, 0.25) is 0 Å². The van der Waals surface area contributed by atoms with Crippen LogP contribution in [0.5, 0.6) is 0 Å². The Morgan fingerprint density at radius 1 is 0.820 bits per heavy atom. The van der Waals surface area contributed by atoms with Crippen molar-refractivity contribution in [3.63, 3.8) is 0 Å². The predicted octanol–water partition coefficient (Wildman–Crippen LogP) is 9.23. The molecule has 0 aromatic carbocycles. The van der Waals surface area contributed by atoms with Gasteiger partial charge in [0, 0.05) is 14.7 Å². The zero-order valence-electron chi connectivity index (χ0n) is 33.9.